The summed E-state index contributed by atoms with van der Waals surface area (Å²) in [6, 6.07) is 5.46. The van der Waals surface area contributed by atoms with Crippen LogP contribution in [0.2, 0.25) is 0 Å². The first-order valence-electron chi connectivity index (χ1n) is 8.19. The molecule has 0 aliphatic carbocycles. The lowest BCUT2D eigenvalue weighted by Gasteiger charge is -2.16. The number of halogens is 1. The SMILES string of the molecule is O=c1[nH]c(=S)n(-c2ccc(F)cc2)c(O)c1C=NN1CCCCCC1. The van der Waals surface area contributed by atoms with E-state index in [0.717, 1.165) is 25.9 Å². The Morgan fingerprint density at radius 2 is 1.80 bits per heavy atom. The van der Waals surface area contributed by atoms with Crippen LogP contribution < -0.4 is 5.56 Å². The maximum atomic E-state index is 13.1. The molecule has 132 valence electrons. The van der Waals surface area contributed by atoms with Crippen molar-refractivity contribution in [1.29, 1.82) is 0 Å². The first-order valence-corrected chi connectivity index (χ1v) is 8.60. The summed E-state index contributed by atoms with van der Waals surface area (Å²) < 4.78 is 14.4. The highest BCUT2D eigenvalue weighted by atomic mass is 32.1. The van der Waals surface area contributed by atoms with E-state index in [2.05, 4.69) is 10.1 Å². The number of nitrogens with zero attached hydrogens (tertiary/aromatic N) is 3. The normalized spacial score (nSPS) is 15.5. The molecule has 0 radical (unpaired) electrons. The number of hydrogen-bond donors (Lipinski definition) is 2. The van der Waals surface area contributed by atoms with Gasteiger partial charge in [-0.25, -0.2) is 4.39 Å². The van der Waals surface area contributed by atoms with Crippen LogP contribution in [-0.4, -0.2) is 39.0 Å². The molecule has 2 N–H and O–H groups in total. The second kappa shape index (κ2) is 7.60. The van der Waals surface area contributed by atoms with Crippen LogP contribution in [0.4, 0.5) is 4.39 Å². The zero-order valence-corrected chi connectivity index (χ0v) is 14.4. The summed E-state index contributed by atoms with van der Waals surface area (Å²) in [7, 11) is 0. The number of hydrazone groups is 1. The van der Waals surface area contributed by atoms with Crippen LogP contribution in [0.1, 0.15) is 31.2 Å². The van der Waals surface area contributed by atoms with Gasteiger partial charge in [-0.1, -0.05) is 12.8 Å². The minimum absolute atomic E-state index is 0.0159. The summed E-state index contributed by atoms with van der Waals surface area (Å²) >= 11 is 5.13. The van der Waals surface area contributed by atoms with E-state index in [1.807, 2.05) is 5.01 Å². The van der Waals surface area contributed by atoms with Gasteiger partial charge in [-0.2, -0.15) is 5.10 Å². The molecule has 0 bridgehead atoms. The maximum absolute atomic E-state index is 13.1. The van der Waals surface area contributed by atoms with Crippen LogP contribution in [0, 0.1) is 10.6 Å². The highest BCUT2D eigenvalue weighted by molar-refractivity contribution is 7.71. The summed E-state index contributed by atoms with van der Waals surface area (Å²) in [5, 5.41) is 16.8. The molecule has 8 heteroatoms. The van der Waals surface area contributed by atoms with Crippen LogP contribution >= 0.6 is 12.2 Å². The zero-order valence-electron chi connectivity index (χ0n) is 13.6. The maximum Gasteiger partial charge on any atom is 0.264 e. The zero-order chi connectivity index (χ0) is 17.8. The molecule has 0 spiro atoms. The van der Waals surface area contributed by atoms with Crippen molar-refractivity contribution in [3.63, 3.8) is 0 Å². The third-order valence-corrected chi connectivity index (χ3v) is 4.42. The van der Waals surface area contributed by atoms with Crippen molar-refractivity contribution in [2.75, 3.05) is 13.1 Å². The van der Waals surface area contributed by atoms with Gasteiger partial charge in [-0.3, -0.25) is 19.4 Å². The molecule has 2 heterocycles. The summed E-state index contributed by atoms with van der Waals surface area (Å²) in [5.41, 5.74) is -0.0498. The van der Waals surface area contributed by atoms with Gasteiger partial charge < -0.3 is 5.11 Å². The second-order valence-electron chi connectivity index (χ2n) is 5.92. The average Bonchev–Trinajstić information content (AvgIpc) is 2.85. The standard InChI is InChI=1S/C17H19FN4O2S/c18-12-5-7-13(8-6-12)22-16(24)14(15(23)20-17(22)25)11-19-21-9-3-1-2-4-10-21/h5-8,11,24H,1-4,9-10H2,(H,20,23,25). The number of hydrogen-bond acceptors (Lipinski definition) is 5. The van der Waals surface area contributed by atoms with Gasteiger partial charge in [0.1, 0.15) is 11.4 Å². The largest absolute Gasteiger partial charge is 0.494 e. The lowest BCUT2D eigenvalue weighted by atomic mass is 10.2. The number of H-pyrrole nitrogens is 1. The fraction of sp³-hybridized carbons (Fsp3) is 0.353. The van der Waals surface area contributed by atoms with Crippen LogP contribution in [0.25, 0.3) is 5.69 Å². The van der Waals surface area contributed by atoms with Gasteiger partial charge in [0.15, 0.2) is 4.77 Å². The molecule has 1 fully saturated rings. The fourth-order valence-electron chi connectivity index (χ4n) is 2.79. The molecule has 1 aliphatic heterocycles. The van der Waals surface area contributed by atoms with E-state index in [0.29, 0.717) is 5.69 Å². The molecule has 3 rings (SSSR count). The smallest absolute Gasteiger partial charge is 0.264 e. The minimum Gasteiger partial charge on any atom is -0.494 e. The Morgan fingerprint density at radius 3 is 2.44 bits per heavy atom. The molecule has 6 nitrogen and oxygen atoms in total. The third kappa shape index (κ3) is 3.96. The molecule has 1 saturated heterocycles. The van der Waals surface area contributed by atoms with E-state index < -0.39 is 11.4 Å². The first kappa shape index (κ1) is 17.3. The Hall–Kier alpha value is -2.48. The number of benzene rings is 1. The quantitative estimate of drug-likeness (QED) is 0.650. The van der Waals surface area contributed by atoms with E-state index >= 15 is 0 Å². The van der Waals surface area contributed by atoms with Crippen LogP contribution in [0.3, 0.4) is 0 Å². The molecular formula is C17H19FN4O2S. The van der Waals surface area contributed by atoms with Crippen LogP contribution in [0.15, 0.2) is 34.2 Å². The molecule has 1 aromatic heterocycles. The Kier molecular flexibility index (Phi) is 5.28. The molecule has 0 amide bonds. The van der Waals surface area contributed by atoms with Crippen LogP contribution in [-0.2, 0) is 0 Å². The van der Waals surface area contributed by atoms with Crippen molar-refractivity contribution in [2.24, 2.45) is 5.10 Å². The van der Waals surface area contributed by atoms with Crippen molar-refractivity contribution in [3.8, 4) is 11.6 Å². The van der Waals surface area contributed by atoms with Gasteiger partial charge in [0, 0.05) is 13.1 Å². The highest BCUT2D eigenvalue weighted by Crippen LogP contribution is 2.19. The summed E-state index contributed by atoms with van der Waals surface area (Å²) in [5.74, 6) is -0.721. The molecular weight excluding hydrogens is 343 g/mol. The van der Waals surface area contributed by atoms with E-state index in [9.17, 15) is 14.3 Å². The van der Waals surface area contributed by atoms with E-state index in [1.165, 1.54) is 47.9 Å². The third-order valence-electron chi connectivity index (χ3n) is 4.14. The van der Waals surface area contributed by atoms with Gasteiger partial charge >= 0.3 is 0 Å². The van der Waals surface area contributed by atoms with Gasteiger partial charge in [0.2, 0.25) is 5.88 Å². The van der Waals surface area contributed by atoms with Crippen molar-refractivity contribution in [1.82, 2.24) is 14.6 Å². The van der Waals surface area contributed by atoms with Crippen molar-refractivity contribution in [3.05, 3.63) is 50.8 Å². The van der Waals surface area contributed by atoms with Gasteiger partial charge in [-0.15, -0.1) is 0 Å². The van der Waals surface area contributed by atoms with E-state index in [-0.39, 0.29) is 16.2 Å². The number of nitrogens with one attached hydrogen (secondary N) is 1. The Bertz CT molecular complexity index is 881. The summed E-state index contributed by atoms with van der Waals surface area (Å²) in [4.78, 5) is 14.7. The first-order chi connectivity index (χ1) is 12.1. The highest BCUT2D eigenvalue weighted by Gasteiger charge is 2.13. The van der Waals surface area contributed by atoms with Crippen molar-refractivity contribution >= 4 is 18.4 Å². The molecule has 1 aromatic carbocycles. The minimum atomic E-state index is -0.514. The molecule has 0 saturated carbocycles. The topological polar surface area (TPSA) is 73.6 Å². The predicted octanol–water partition coefficient (Wildman–Crippen LogP) is 2.95. The van der Waals surface area contributed by atoms with Crippen LogP contribution in [0.5, 0.6) is 5.88 Å². The molecule has 0 unspecified atom stereocenters. The molecule has 2 aromatic rings. The summed E-state index contributed by atoms with van der Waals surface area (Å²) in [6.45, 7) is 1.65. The molecule has 25 heavy (non-hydrogen) atoms. The number of aromatic amines is 1. The van der Waals surface area contributed by atoms with Crippen molar-refractivity contribution in [2.45, 2.75) is 25.7 Å². The Morgan fingerprint density at radius 1 is 1.16 bits per heavy atom. The number of rotatable bonds is 3. The number of aromatic nitrogens is 2. The Balaban J connectivity index is 1.99. The lowest BCUT2D eigenvalue weighted by molar-refractivity contribution is 0.302. The van der Waals surface area contributed by atoms with Crippen molar-refractivity contribution < 1.29 is 9.50 Å². The predicted molar refractivity (Wildman–Crippen MR) is 96.5 cm³/mol. The van der Waals surface area contributed by atoms with Gasteiger partial charge in [0.05, 0.1) is 11.9 Å². The van der Waals surface area contributed by atoms with Gasteiger partial charge in [-0.05, 0) is 49.3 Å². The monoisotopic (exact) mass is 362 g/mol. The summed E-state index contributed by atoms with van der Waals surface area (Å²) in [6.07, 6.45) is 5.81. The van der Waals surface area contributed by atoms with Gasteiger partial charge in [0.25, 0.3) is 5.56 Å². The average molecular weight is 362 g/mol. The lowest BCUT2D eigenvalue weighted by Crippen LogP contribution is -2.21. The second-order valence-corrected chi connectivity index (χ2v) is 6.31. The fourth-order valence-corrected chi connectivity index (χ4v) is 3.08. The Labute approximate surface area is 149 Å². The number of aromatic hydroxyl groups is 1. The molecule has 0 atom stereocenters. The molecule has 1 aliphatic rings. The van der Waals surface area contributed by atoms with E-state index in [4.69, 9.17) is 12.2 Å². The van der Waals surface area contributed by atoms with E-state index in [1.54, 1.807) is 0 Å².